The average Bonchev–Trinajstić information content (AvgIpc) is 2.99. The van der Waals surface area contributed by atoms with Gasteiger partial charge in [0.2, 0.25) is 0 Å². The molecule has 9 heteroatoms. The minimum atomic E-state index is -0.393. The van der Waals surface area contributed by atoms with Crippen molar-refractivity contribution in [2.24, 2.45) is 0 Å². The molecular weight excluding hydrogens is 474 g/mol. The minimum absolute atomic E-state index is 0.0180. The summed E-state index contributed by atoms with van der Waals surface area (Å²) in [6.07, 6.45) is 1.60. The number of imide groups is 1. The molecule has 0 saturated carbocycles. The summed E-state index contributed by atoms with van der Waals surface area (Å²) in [7, 11) is 1.54. The lowest BCUT2D eigenvalue weighted by molar-refractivity contribution is -0.123. The van der Waals surface area contributed by atoms with Gasteiger partial charge in [-0.1, -0.05) is 12.1 Å². The Morgan fingerprint density at radius 3 is 2.57 bits per heavy atom. The quantitative estimate of drug-likeness (QED) is 0.534. The van der Waals surface area contributed by atoms with Crippen LogP contribution in [0.1, 0.15) is 12.5 Å². The fraction of sp³-hybridized carbons (Fsp3) is 0.238. The molecule has 0 aliphatic carbocycles. The van der Waals surface area contributed by atoms with Crippen LogP contribution in [0.2, 0.25) is 0 Å². The van der Waals surface area contributed by atoms with Crippen LogP contribution in [-0.4, -0.2) is 48.0 Å². The molecule has 2 aromatic rings. The van der Waals surface area contributed by atoms with Gasteiger partial charge in [-0.3, -0.25) is 14.5 Å². The van der Waals surface area contributed by atoms with Gasteiger partial charge in [-0.05, 0) is 70.5 Å². The van der Waals surface area contributed by atoms with E-state index in [1.807, 2.05) is 12.1 Å². The molecule has 1 N–H and O–H groups in total. The summed E-state index contributed by atoms with van der Waals surface area (Å²) in [5, 5.41) is 9.67. The first-order chi connectivity index (χ1) is 14.4. The Morgan fingerprint density at radius 2 is 1.87 bits per heavy atom. The van der Waals surface area contributed by atoms with E-state index in [9.17, 15) is 14.7 Å². The third-order valence-electron chi connectivity index (χ3n) is 4.16. The summed E-state index contributed by atoms with van der Waals surface area (Å²) < 4.78 is 16.7. The van der Waals surface area contributed by atoms with Gasteiger partial charge in [0.15, 0.2) is 23.0 Å². The number of rotatable bonds is 8. The Labute approximate surface area is 186 Å². The van der Waals surface area contributed by atoms with E-state index in [2.05, 4.69) is 15.9 Å². The molecule has 158 valence electrons. The predicted molar refractivity (Wildman–Crippen MR) is 118 cm³/mol. The van der Waals surface area contributed by atoms with E-state index in [0.717, 1.165) is 16.7 Å². The van der Waals surface area contributed by atoms with Gasteiger partial charge in [-0.25, -0.2) is 0 Å². The Morgan fingerprint density at radius 1 is 1.13 bits per heavy atom. The Hall–Kier alpha value is -2.65. The Balaban J connectivity index is 1.70. The SMILES string of the molecule is CCOc1cc(/C=C2\SC(=O)N(CCOc3ccccc3OC)C2=O)cc(Br)c1O. The van der Waals surface area contributed by atoms with Gasteiger partial charge in [0, 0.05) is 0 Å². The molecule has 0 atom stereocenters. The first-order valence-corrected chi connectivity index (χ1v) is 10.7. The number of aromatic hydroxyl groups is 1. The Bertz CT molecular complexity index is 993. The summed E-state index contributed by atoms with van der Waals surface area (Å²) in [5.74, 6) is 1.00. The van der Waals surface area contributed by atoms with Crippen LogP contribution in [0.4, 0.5) is 4.79 Å². The summed E-state index contributed by atoms with van der Waals surface area (Å²) in [4.78, 5) is 26.4. The lowest BCUT2D eigenvalue weighted by Crippen LogP contribution is -2.32. The molecule has 0 radical (unpaired) electrons. The van der Waals surface area contributed by atoms with E-state index >= 15 is 0 Å². The number of phenolic OH excluding ortho intramolecular Hbond substituents is 1. The maximum Gasteiger partial charge on any atom is 0.293 e. The standard InChI is InChI=1S/C21H20BrNO6S/c1-3-28-17-11-13(10-14(22)19(17)24)12-18-20(25)23(21(26)30-18)8-9-29-16-7-5-4-6-15(16)27-2/h4-7,10-12,24H,3,8-9H2,1-2H3/b18-12-. The number of thioether (sulfide) groups is 1. The molecule has 0 bridgehead atoms. The van der Waals surface area contributed by atoms with Crippen molar-refractivity contribution in [2.75, 3.05) is 26.9 Å². The second-order valence-electron chi connectivity index (χ2n) is 6.12. The molecule has 1 fully saturated rings. The van der Waals surface area contributed by atoms with Gasteiger partial charge in [0.25, 0.3) is 11.1 Å². The highest BCUT2D eigenvalue weighted by atomic mass is 79.9. The van der Waals surface area contributed by atoms with Gasteiger partial charge >= 0.3 is 0 Å². The van der Waals surface area contributed by atoms with E-state index in [1.165, 1.54) is 0 Å². The summed E-state index contributed by atoms with van der Waals surface area (Å²) in [6, 6.07) is 10.4. The van der Waals surface area contributed by atoms with Gasteiger partial charge in [-0.2, -0.15) is 0 Å². The number of benzene rings is 2. The van der Waals surface area contributed by atoms with Crippen molar-refractivity contribution < 1.29 is 28.9 Å². The number of para-hydroxylation sites is 2. The number of carbonyl (C=O) groups is 2. The van der Waals surface area contributed by atoms with Gasteiger partial charge in [-0.15, -0.1) is 0 Å². The molecule has 3 rings (SSSR count). The zero-order valence-corrected chi connectivity index (χ0v) is 18.8. The molecule has 7 nitrogen and oxygen atoms in total. The molecule has 1 heterocycles. The lowest BCUT2D eigenvalue weighted by Gasteiger charge is -2.14. The number of hydrogen-bond acceptors (Lipinski definition) is 7. The van der Waals surface area contributed by atoms with E-state index in [4.69, 9.17) is 14.2 Å². The molecule has 0 aromatic heterocycles. The van der Waals surface area contributed by atoms with Crippen LogP contribution >= 0.6 is 27.7 Å². The first-order valence-electron chi connectivity index (χ1n) is 9.11. The fourth-order valence-corrected chi connectivity index (χ4v) is 4.10. The van der Waals surface area contributed by atoms with Crippen molar-refractivity contribution in [3.05, 3.63) is 51.3 Å². The van der Waals surface area contributed by atoms with Crippen molar-refractivity contribution in [1.82, 2.24) is 4.90 Å². The van der Waals surface area contributed by atoms with Crippen molar-refractivity contribution in [3.63, 3.8) is 0 Å². The number of amides is 2. The van der Waals surface area contributed by atoms with Crippen molar-refractivity contribution >= 4 is 44.9 Å². The second-order valence-corrected chi connectivity index (χ2v) is 7.96. The van der Waals surface area contributed by atoms with Crippen LogP contribution < -0.4 is 14.2 Å². The monoisotopic (exact) mass is 493 g/mol. The highest BCUT2D eigenvalue weighted by molar-refractivity contribution is 9.10. The number of ether oxygens (including phenoxy) is 3. The van der Waals surface area contributed by atoms with E-state index in [1.54, 1.807) is 44.4 Å². The molecule has 0 unspecified atom stereocenters. The zero-order chi connectivity index (χ0) is 21.7. The fourth-order valence-electron chi connectivity index (χ4n) is 2.77. The van der Waals surface area contributed by atoms with E-state index in [-0.39, 0.29) is 29.0 Å². The topological polar surface area (TPSA) is 85.3 Å². The molecule has 2 amide bonds. The Kier molecular flexibility index (Phi) is 7.28. The maximum absolute atomic E-state index is 12.7. The zero-order valence-electron chi connectivity index (χ0n) is 16.4. The molecule has 1 saturated heterocycles. The predicted octanol–water partition coefficient (Wildman–Crippen LogP) is 4.68. The van der Waals surface area contributed by atoms with Crippen LogP contribution in [0.15, 0.2) is 45.8 Å². The smallest absolute Gasteiger partial charge is 0.293 e. The van der Waals surface area contributed by atoms with Crippen molar-refractivity contribution in [3.8, 4) is 23.0 Å². The van der Waals surface area contributed by atoms with Crippen molar-refractivity contribution in [1.29, 1.82) is 0 Å². The highest BCUT2D eigenvalue weighted by Crippen LogP contribution is 2.38. The summed E-state index contributed by atoms with van der Waals surface area (Å²) in [6.45, 7) is 2.44. The molecular formula is C21H20BrNO6S. The van der Waals surface area contributed by atoms with Crippen molar-refractivity contribution in [2.45, 2.75) is 6.92 Å². The van der Waals surface area contributed by atoms with Gasteiger partial charge in [0.1, 0.15) is 6.61 Å². The van der Waals surface area contributed by atoms with E-state index in [0.29, 0.717) is 33.9 Å². The van der Waals surface area contributed by atoms with Crippen LogP contribution in [0, 0.1) is 0 Å². The average molecular weight is 494 g/mol. The molecule has 0 spiro atoms. The van der Waals surface area contributed by atoms with Crippen LogP contribution in [0.25, 0.3) is 6.08 Å². The molecule has 2 aromatic carbocycles. The number of carbonyl (C=O) groups excluding carboxylic acids is 2. The van der Waals surface area contributed by atoms with E-state index < -0.39 is 5.91 Å². The largest absolute Gasteiger partial charge is 0.503 e. The molecule has 30 heavy (non-hydrogen) atoms. The highest BCUT2D eigenvalue weighted by Gasteiger charge is 2.35. The second kappa shape index (κ2) is 9.90. The van der Waals surface area contributed by atoms with Crippen LogP contribution in [0.5, 0.6) is 23.0 Å². The minimum Gasteiger partial charge on any atom is -0.503 e. The third kappa shape index (κ3) is 4.91. The summed E-state index contributed by atoms with van der Waals surface area (Å²) in [5.41, 5.74) is 0.624. The third-order valence-corrected chi connectivity index (χ3v) is 5.68. The number of halogens is 1. The van der Waals surface area contributed by atoms with Crippen LogP contribution in [-0.2, 0) is 4.79 Å². The summed E-state index contributed by atoms with van der Waals surface area (Å²) >= 11 is 4.13. The lowest BCUT2D eigenvalue weighted by atomic mass is 10.2. The number of nitrogens with zero attached hydrogens (tertiary/aromatic N) is 1. The van der Waals surface area contributed by atoms with Crippen LogP contribution in [0.3, 0.4) is 0 Å². The number of phenols is 1. The maximum atomic E-state index is 12.7. The molecule has 1 aliphatic rings. The van der Waals surface area contributed by atoms with Gasteiger partial charge < -0.3 is 19.3 Å². The van der Waals surface area contributed by atoms with Gasteiger partial charge in [0.05, 0.1) is 29.6 Å². The number of hydrogen-bond donors (Lipinski definition) is 1. The normalized spacial score (nSPS) is 15.0. The number of methoxy groups -OCH3 is 1. The molecule has 1 aliphatic heterocycles. The first kappa shape index (κ1) is 22.0.